The SMILES string of the molecule is COc1cc2nc(C)c(C#N)nc2cc1OC. The van der Waals surface area contributed by atoms with Crippen LogP contribution >= 0.6 is 0 Å². The van der Waals surface area contributed by atoms with E-state index in [1.807, 2.05) is 6.07 Å². The van der Waals surface area contributed by atoms with Crippen LogP contribution in [0.25, 0.3) is 11.0 Å². The molecule has 0 aliphatic rings. The van der Waals surface area contributed by atoms with Crippen molar-refractivity contribution in [3.05, 3.63) is 23.5 Å². The summed E-state index contributed by atoms with van der Waals surface area (Å²) >= 11 is 0. The Labute approximate surface area is 98.6 Å². The second-order valence-corrected chi connectivity index (χ2v) is 3.47. The fourth-order valence-corrected chi connectivity index (χ4v) is 1.58. The molecule has 0 saturated carbocycles. The van der Waals surface area contributed by atoms with E-state index in [2.05, 4.69) is 9.97 Å². The van der Waals surface area contributed by atoms with Gasteiger partial charge in [0.2, 0.25) is 0 Å². The van der Waals surface area contributed by atoms with Crippen molar-refractivity contribution in [2.75, 3.05) is 14.2 Å². The summed E-state index contributed by atoms with van der Waals surface area (Å²) in [6.07, 6.45) is 0. The van der Waals surface area contributed by atoms with Crippen molar-refractivity contribution in [1.82, 2.24) is 9.97 Å². The standard InChI is InChI=1S/C12H11N3O2/c1-7-10(6-13)15-9-5-12(17-3)11(16-2)4-8(9)14-7/h4-5H,1-3H3. The number of nitrogens with zero attached hydrogens (tertiary/aromatic N) is 3. The number of hydrogen-bond donors (Lipinski definition) is 0. The molecule has 0 fully saturated rings. The van der Waals surface area contributed by atoms with Gasteiger partial charge in [-0.2, -0.15) is 5.26 Å². The van der Waals surface area contributed by atoms with Crippen LogP contribution in [0, 0.1) is 18.3 Å². The van der Waals surface area contributed by atoms with Gasteiger partial charge in [-0.05, 0) is 6.92 Å². The van der Waals surface area contributed by atoms with Gasteiger partial charge in [0.25, 0.3) is 0 Å². The Bertz CT molecular complexity index is 617. The van der Waals surface area contributed by atoms with Gasteiger partial charge in [0.05, 0.1) is 30.9 Å². The molecule has 86 valence electrons. The lowest BCUT2D eigenvalue weighted by atomic mass is 10.2. The Balaban J connectivity index is 2.75. The number of ether oxygens (including phenoxy) is 2. The first-order valence-electron chi connectivity index (χ1n) is 5.00. The van der Waals surface area contributed by atoms with E-state index in [4.69, 9.17) is 14.7 Å². The molecule has 1 aromatic carbocycles. The highest BCUT2D eigenvalue weighted by Crippen LogP contribution is 2.30. The van der Waals surface area contributed by atoms with Crippen LogP contribution in [0.1, 0.15) is 11.4 Å². The number of fused-ring (bicyclic) bond motifs is 1. The number of aryl methyl sites for hydroxylation is 1. The molecule has 0 aliphatic carbocycles. The predicted molar refractivity (Wildman–Crippen MR) is 62.1 cm³/mol. The largest absolute Gasteiger partial charge is 0.493 e. The monoisotopic (exact) mass is 229 g/mol. The fraction of sp³-hybridized carbons (Fsp3) is 0.250. The molecule has 2 aromatic rings. The Morgan fingerprint density at radius 3 is 2.06 bits per heavy atom. The lowest BCUT2D eigenvalue weighted by Gasteiger charge is -2.08. The lowest BCUT2D eigenvalue weighted by molar-refractivity contribution is 0.355. The number of nitriles is 1. The molecule has 0 aliphatic heterocycles. The minimum atomic E-state index is 0.324. The molecular weight excluding hydrogens is 218 g/mol. The van der Waals surface area contributed by atoms with Crippen LogP contribution in [0.4, 0.5) is 0 Å². The van der Waals surface area contributed by atoms with E-state index in [9.17, 15) is 0 Å². The molecule has 5 nitrogen and oxygen atoms in total. The zero-order chi connectivity index (χ0) is 12.4. The van der Waals surface area contributed by atoms with E-state index < -0.39 is 0 Å². The molecule has 0 radical (unpaired) electrons. The molecule has 0 spiro atoms. The summed E-state index contributed by atoms with van der Waals surface area (Å²) in [5.41, 5.74) is 2.22. The second-order valence-electron chi connectivity index (χ2n) is 3.47. The molecule has 2 rings (SSSR count). The maximum Gasteiger partial charge on any atom is 0.163 e. The molecule has 0 unspecified atom stereocenters. The molecule has 0 amide bonds. The van der Waals surface area contributed by atoms with Gasteiger partial charge >= 0.3 is 0 Å². The van der Waals surface area contributed by atoms with Crippen LogP contribution in [-0.2, 0) is 0 Å². The van der Waals surface area contributed by atoms with Gasteiger partial charge in [0, 0.05) is 12.1 Å². The van der Waals surface area contributed by atoms with Gasteiger partial charge in [-0.3, -0.25) is 0 Å². The summed E-state index contributed by atoms with van der Waals surface area (Å²) < 4.78 is 10.4. The fourth-order valence-electron chi connectivity index (χ4n) is 1.58. The van der Waals surface area contributed by atoms with Gasteiger partial charge in [0.1, 0.15) is 6.07 Å². The minimum Gasteiger partial charge on any atom is -0.493 e. The molecule has 5 heteroatoms. The third-order valence-electron chi connectivity index (χ3n) is 2.45. The highest BCUT2D eigenvalue weighted by Gasteiger charge is 2.10. The zero-order valence-corrected chi connectivity index (χ0v) is 9.81. The maximum atomic E-state index is 8.90. The Kier molecular flexibility index (Phi) is 2.79. The van der Waals surface area contributed by atoms with Crippen LogP contribution < -0.4 is 9.47 Å². The van der Waals surface area contributed by atoms with E-state index in [0.717, 1.165) is 0 Å². The van der Waals surface area contributed by atoms with Crippen LogP contribution in [0.15, 0.2) is 12.1 Å². The third kappa shape index (κ3) is 1.85. The van der Waals surface area contributed by atoms with Crippen molar-refractivity contribution >= 4 is 11.0 Å². The second kappa shape index (κ2) is 4.26. The van der Waals surface area contributed by atoms with E-state index in [1.165, 1.54) is 0 Å². The van der Waals surface area contributed by atoms with Crippen LogP contribution in [-0.4, -0.2) is 24.2 Å². The van der Waals surface area contributed by atoms with Crippen molar-refractivity contribution in [3.63, 3.8) is 0 Å². The van der Waals surface area contributed by atoms with Crippen LogP contribution in [0.5, 0.6) is 11.5 Å². The van der Waals surface area contributed by atoms with E-state index in [1.54, 1.807) is 33.3 Å². The topological polar surface area (TPSA) is 68.0 Å². The normalized spacial score (nSPS) is 10.0. The highest BCUT2D eigenvalue weighted by atomic mass is 16.5. The molecule has 1 heterocycles. The van der Waals surface area contributed by atoms with Crippen molar-refractivity contribution in [3.8, 4) is 17.6 Å². The number of rotatable bonds is 2. The first-order chi connectivity index (χ1) is 8.19. The van der Waals surface area contributed by atoms with Crippen LogP contribution in [0.2, 0.25) is 0 Å². The van der Waals surface area contributed by atoms with Crippen molar-refractivity contribution in [2.45, 2.75) is 6.92 Å². The van der Waals surface area contributed by atoms with Gasteiger partial charge in [0.15, 0.2) is 17.2 Å². The smallest absolute Gasteiger partial charge is 0.163 e. The van der Waals surface area contributed by atoms with Gasteiger partial charge in [-0.1, -0.05) is 0 Å². The predicted octanol–water partition coefficient (Wildman–Crippen LogP) is 1.83. The highest BCUT2D eigenvalue weighted by molar-refractivity contribution is 5.79. The number of benzene rings is 1. The quantitative estimate of drug-likeness (QED) is 0.785. The van der Waals surface area contributed by atoms with Gasteiger partial charge < -0.3 is 9.47 Å². The zero-order valence-electron chi connectivity index (χ0n) is 9.81. The maximum absolute atomic E-state index is 8.90. The molecule has 17 heavy (non-hydrogen) atoms. The molecule has 0 N–H and O–H groups in total. The van der Waals surface area contributed by atoms with E-state index >= 15 is 0 Å². The number of aromatic nitrogens is 2. The Morgan fingerprint density at radius 2 is 1.59 bits per heavy atom. The number of hydrogen-bond acceptors (Lipinski definition) is 5. The summed E-state index contributed by atoms with van der Waals surface area (Å²) in [5.74, 6) is 1.17. The third-order valence-corrected chi connectivity index (χ3v) is 2.45. The average molecular weight is 229 g/mol. The molecule has 0 atom stereocenters. The van der Waals surface area contributed by atoms with Crippen molar-refractivity contribution < 1.29 is 9.47 Å². The number of methoxy groups -OCH3 is 2. The average Bonchev–Trinajstić information content (AvgIpc) is 2.36. The first-order valence-corrected chi connectivity index (χ1v) is 5.00. The summed E-state index contributed by atoms with van der Waals surface area (Å²) in [5, 5.41) is 8.90. The Hall–Kier alpha value is -2.35. The summed E-state index contributed by atoms with van der Waals surface area (Å²) in [6, 6.07) is 5.46. The summed E-state index contributed by atoms with van der Waals surface area (Å²) in [4.78, 5) is 8.53. The van der Waals surface area contributed by atoms with Crippen LogP contribution in [0.3, 0.4) is 0 Å². The van der Waals surface area contributed by atoms with E-state index in [-0.39, 0.29) is 0 Å². The minimum absolute atomic E-state index is 0.324. The first kappa shape index (κ1) is 11.1. The summed E-state index contributed by atoms with van der Waals surface area (Å²) in [6.45, 7) is 1.75. The summed E-state index contributed by atoms with van der Waals surface area (Å²) in [7, 11) is 3.12. The van der Waals surface area contributed by atoms with Crippen molar-refractivity contribution in [1.29, 1.82) is 5.26 Å². The Morgan fingerprint density at radius 1 is 1.06 bits per heavy atom. The lowest BCUT2D eigenvalue weighted by Crippen LogP contribution is -1.97. The molecule has 0 saturated heterocycles. The molecule has 1 aromatic heterocycles. The molecule has 0 bridgehead atoms. The molecular formula is C12H11N3O2. The van der Waals surface area contributed by atoms with Crippen molar-refractivity contribution in [2.24, 2.45) is 0 Å². The van der Waals surface area contributed by atoms with Gasteiger partial charge in [-0.25, -0.2) is 9.97 Å². The van der Waals surface area contributed by atoms with E-state index in [0.29, 0.717) is 33.9 Å². The van der Waals surface area contributed by atoms with Gasteiger partial charge in [-0.15, -0.1) is 0 Å².